The van der Waals surface area contributed by atoms with Gasteiger partial charge in [0.25, 0.3) is 0 Å². The summed E-state index contributed by atoms with van der Waals surface area (Å²) in [4.78, 5) is 11.9. The second-order valence-electron chi connectivity index (χ2n) is 5.40. The fraction of sp³-hybridized carbons (Fsp3) is 0.333. The molecule has 3 rings (SSSR count). The normalized spacial score (nSPS) is 14.6. The highest BCUT2D eigenvalue weighted by Gasteiger charge is 2.31. The van der Waals surface area contributed by atoms with Crippen molar-refractivity contribution in [2.24, 2.45) is 0 Å². The Kier molecular flexibility index (Phi) is 3.97. The van der Waals surface area contributed by atoms with Crippen LogP contribution < -0.4 is 10.1 Å². The molecule has 1 aliphatic carbocycles. The summed E-state index contributed by atoms with van der Waals surface area (Å²) in [5.74, 6) is 0.200. The number of amides is 1. The second-order valence-corrected chi connectivity index (χ2v) is 5.40. The number of aromatic nitrogens is 2. The molecule has 1 fully saturated rings. The number of ether oxygens (including phenoxy) is 1. The summed E-state index contributed by atoms with van der Waals surface area (Å²) in [6.45, 7) is 0. The highest BCUT2D eigenvalue weighted by Crippen LogP contribution is 2.39. The Morgan fingerprint density at radius 1 is 1.35 bits per heavy atom. The Labute approximate surface area is 129 Å². The van der Waals surface area contributed by atoms with Gasteiger partial charge >= 0.3 is 6.36 Å². The van der Waals surface area contributed by atoms with Crippen LogP contribution in [0.2, 0.25) is 0 Å². The SMILES string of the molecule is O=C(Cc1cccc(OC(F)(F)F)c1)Nc1cc(C2CC2)[nH]n1. The number of carbonyl (C=O) groups is 1. The number of alkyl halides is 3. The van der Waals surface area contributed by atoms with Gasteiger partial charge in [-0.1, -0.05) is 12.1 Å². The number of rotatable bonds is 5. The molecule has 2 N–H and O–H groups in total. The molecular formula is C15H14F3N3O2. The van der Waals surface area contributed by atoms with Crippen LogP contribution in [0, 0.1) is 0 Å². The van der Waals surface area contributed by atoms with E-state index < -0.39 is 6.36 Å². The molecule has 0 saturated heterocycles. The molecule has 0 unspecified atom stereocenters. The molecule has 8 heteroatoms. The first kappa shape index (κ1) is 15.4. The van der Waals surface area contributed by atoms with E-state index in [0.717, 1.165) is 18.5 Å². The lowest BCUT2D eigenvalue weighted by molar-refractivity contribution is -0.274. The molecule has 2 aromatic rings. The van der Waals surface area contributed by atoms with E-state index in [-0.39, 0.29) is 18.1 Å². The van der Waals surface area contributed by atoms with Gasteiger partial charge in [0.1, 0.15) is 5.75 Å². The molecule has 1 aliphatic rings. The van der Waals surface area contributed by atoms with Crippen LogP contribution in [0.1, 0.15) is 30.0 Å². The molecule has 23 heavy (non-hydrogen) atoms. The average Bonchev–Trinajstić information content (AvgIpc) is 3.18. The second kappa shape index (κ2) is 5.94. The average molecular weight is 325 g/mol. The molecule has 5 nitrogen and oxygen atoms in total. The van der Waals surface area contributed by atoms with E-state index in [4.69, 9.17) is 0 Å². The third-order valence-electron chi connectivity index (χ3n) is 3.38. The molecule has 1 saturated carbocycles. The lowest BCUT2D eigenvalue weighted by Crippen LogP contribution is -2.18. The van der Waals surface area contributed by atoms with E-state index in [1.54, 1.807) is 12.1 Å². The van der Waals surface area contributed by atoms with Crippen LogP contribution in [0.3, 0.4) is 0 Å². The van der Waals surface area contributed by atoms with Gasteiger partial charge in [0.2, 0.25) is 5.91 Å². The van der Waals surface area contributed by atoms with Crippen LogP contribution in [0.25, 0.3) is 0 Å². The highest BCUT2D eigenvalue weighted by molar-refractivity contribution is 5.91. The standard InChI is InChI=1S/C15H14F3N3O2/c16-15(17,18)23-11-3-1-2-9(6-11)7-14(22)19-13-8-12(20-21-13)10-4-5-10/h1-3,6,8,10H,4-5,7H2,(H2,19,20,21,22). The minimum Gasteiger partial charge on any atom is -0.406 e. The lowest BCUT2D eigenvalue weighted by Gasteiger charge is -2.09. The van der Waals surface area contributed by atoms with Gasteiger partial charge in [-0.05, 0) is 30.5 Å². The van der Waals surface area contributed by atoms with Crippen molar-refractivity contribution in [3.05, 3.63) is 41.6 Å². The summed E-state index contributed by atoms with van der Waals surface area (Å²) < 4.78 is 40.4. The van der Waals surface area contributed by atoms with Crippen molar-refractivity contribution in [2.75, 3.05) is 5.32 Å². The van der Waals surface area contributed by atoms with Crippen LogP contribution in [0.4, 0.5) is 19.0 Å². The number of anilines is 1. The number of nitrogens with zero attached hydrogens (tertiary/aromatic N) is 1. The summed E-state index contributed by atoms with van der Waals surface area (Å²) in [7, 11) is 0. The van der Waals surface area contributed by atoms with E-state index in [1.165, 1.54) is 18.2 Å². The molecule has 1 amide bonds. The summed E-state index contributed by atoms with van der Waals surface area (Å²) in [5.41, 5.74) is 1.41. The first-order valence-corrected chi connectivity index (χ1v) is 7.09. The fourth-order valence-corrected chi connectivity index (χ4v) is 2.23. The number of carbonyl (C=O) groups excluding carboxylic acids is 1. The van der Waals surface area contributed by atoms with Gasteiger partial charge in [0, 0.05) is 17.7 Å². The molecule has 1 aromatic heterocycles. The number of halogens is 3. The Morgan fingerprint density at radius 3 is 2.83 bits per heavy atom. The summed E-state index contributed by atoms with van der Waals surface area (Å²) in [5, 5.41) is 9.47. The highest BCUT2D eigenvalue weighted by atomic mass is 19.4. The molecule has 1 aromatic carbocycles. The fourth-order valence-electron chi connectivity index (χ4n) is 2.23. The van der Waals surface area contributed by atoms with Crippen molar-refractivity contribution in [3.8, 4) is 5.75 Å². The van der Waals surface area contributed by atoms with Gasteiger partial charge in [0.05, 0.1) is 6.42 Å². The zero-order chi connectivity index (χ0) is 16.4. The van der Waals surface area contributed by atoms with Gasteiger partial charge in [-0.25, -0.2) is 0 Å². The molecule has 0 atom stereocenters. The molecule has 0 radical (unpaired) electrons. The Bertz CT molecular complexity index is 708. The molecular weight excluding hydrogens is 311 g/mol. The molecule has 1 heterocycles. The smallest absolute Gasteiger partial charge is 0.406 e. The maximum Gasteiger partial charge on any atom is 0.573 e. The maximum absolute atomic E-state index is 12.2. The van der Waals surface area contributed by atoms with Gasteiger partial charge in [0.15, 0.2) is 5.82 Å². The third kappa shape index (κ3) is 4.48. The van der Waals surface area contributed by atoms with Crippen molar-refractivity contribution in [1.29, 1.82) is 0 Å². The zero-order valence-corrected chi connectivity index (χ0v) is 12.0. The largest absolute Gasteiger partial charge is 0.573 e. The Hall–Kier alpha value is -2.51. The van der Waals surface area contributed by atoms with Crippen LogP contribution in [0.15, 0.2) is 30.3 Å². The van der Waals surface area contributed by atoms with Crippen molar-refractivity contribution in [1.82, 2.24) is 10.2 Å². The predicted octanol–water partition coefficient (Wildman–Crippen LogP) is 3.37. The van der Waals surface area contributed by atoms with E-state index in [9.17, 15) is 18.0 Å². The topological polar surface area (TPSA) is 67.0 Å². The molecule has 122 valence electrons. The number of nitrogens with one attached hydrogen (secondary N) is 2. The maximum atomic E-state index is 12.2. The summed E-state index contributed by atoms with van der Waals surface area (Å²) >= 11 is 0. The minimum absolute atomic E-state index is 0.0688. The number of hydrogen-bond acceptors (Lipinski definition) is 3. The predicted molar refractivity (Wildman–Crippen MR) is 76.0 cm³/mol. The first-order valence-electron chi connectivity index (χ1n) is 7.09. The number of H-pyrrole nitrogens is 1. The number of benzene rings is 1. The van der Waals surface area contributed by atoms with Crippen LogP contribution in [-0.4, -0.2) is 22.5 Å². The van der Waals surface area contributed by atoms with E-state index in [0.29, 0.717) is 17.3 Å². The van der Waals surface area contributed by atoms with Crippen LogP contribution in [-0.2, 0) is 11.2 Å². The third-order valence-corrected chi connectivity index (χ3v) is 3.38. The molecule has 0 spiro atoms. The van der Waals surface area contributed by atoms with Crippen LogP contribution in [0.5, 0.6) is 5.75 Å². The van der Waals surface area contributed by atoms with Gasteiger partial charge in [-0.3, -0.25) is 9.89 Å². The van der Waals surface area contributed by atoms with E-state index in [2.05, 4.69) is 20.3 Å². The first-order chi connectivity index (χ1) is 10.9. The van der Waals surface area contributed by atoms with Gasteiger partial charge < -0.3 is 10.1 Å². The van der Waals surface area contributed by atoms with Gasteiger partial charge in [-0.2, -0.15) is 5.10 Å². The van der Waals surface area contributed by atoms with E-state index in [1.807, 2.05) is 0 Å². The monoisotopic (exact) mass is 325 g/mol. The van der Waals surface area contributed by atoms with Crippen LogP contribution >= 0.6 is 0 Å². The van der Waals surface area contributed by atoms with Crippen molar-refractivity contribution in [3.63, 3.8) is 0 Å². The Morgan fingerprint density at radius 2 is 2.13 bits per heavy atom. The van der Waals surface area contributed by atoms with E-state index >= 15 is 0 Å². The van der Waals surface area contributed by atoms with Gasteiger partial charge in [-0.15, -0.1) is 13.2 Å². The minimum atomic E-state index is -4.75. The van der Waals surface area contributed by atoms with Crippen molar-refractivity contribution in [2.45, 2.75) is 31.5 Å². The number of hydrogen-bond donors (Lipinski definition) is 2. The Balaban J connectivity index is 1.59. The summed E-state index contributed by atoms with van der Waals surface area (Å²) in [6.07, 6.45) is -2.60. The molecule has 0 bridgehead atoms. The zero-order valence-electron chi connectivity index (χ0n) is 12.0. The molecule has 0 aliphatic heterocycles. The quantitative estimate of drug-likeness (QED) is 0.886. The van der Waals surface area contributed by atoms with Crippen molar-refractivity contribution < 1.29 is 22.7 Å². The lowest BCUT2D eigenvalue weighted by atomic mass is 10.1. The number of aromatic amines is 1. The van der Waals surface area contributed by atoms with Crippen molar-refractivity contribution >= 4 is 11.7 Å². The summed E-state index contributed by atoms with van der Waals surface area (Å²) in [6, 6.07) is 7.11.